The number of anilines is 1. The van der Waals surface area contributed by atoms with Gasteiger partial charge in [0.15, 0.2) is 0 Å². The molecule has 1 fully saturated rings. The lowest BCUT2D eigenvalue weighted by Gasteiger charge is -2.22. The summed E-state index contributed by atoms with van der Waals surface area (Å²) in [4.78, 5) is 26.6. The minimum Gasteiger partial charge on any atom is -0.339 e. The van der Waals surface area contributed by atoms with Crippen LogP contribution in [-0.2, 0) is 4.79 Å². The Labute approximate surface area is 132 Å². The molecule has 1 aliphatic rings. The number of likely N-dealkylation sites (tertiary alicyclic amines) is 1. The van der Waals surface area contributed by atoms with E-state index in [1.165, 1.54) is 12.8 Å². The fraction of sp³-hybridized carbons (Fsp3) is 0.556. The number of amides is 2. The van der Waals surface area contributed by atoms with Crippen LogP contribution >= 0.6 is 0 Å². The van der Waals surface area contributed by atoms with Crippen LogP contribution in [0.1, 0.15) is 62.2 Å². The van der Waals surface area contributed by atoms with Crippen LogP contribution in [0.5, 0.6) is 0 Å². The highest BCUT2D eigenvalue weighted by molar-refractivity contribution is 6.03. The maximum Gasteiger partial charge on any atom is 0.255 e. The molecule has 0 aromatic heterocycles. The van der Waals surface area contributed by atoms with Gasteiger partial charge in [-0.25, -0.2) is 0 Å². The van der Waals surface area contributed by atoms with E-state index >= 15 is 0 Å². The summed E-state index contributed by atoms with van der Waals surface area (Å²) in [5, 5.41) is 2.89. The number of nitrogens with one attached hydrogen (secondary N) is 1. The van der Waals surface area contributed by atoms with Crippen LogP contribution in [0, 0.1) is 0 Å². The fourth-order valence-corrected chi connectivity index (χ4v) is 2.77. The van der Waals surface area contributed by atoms with Gasteiger partial charge in [-0.15, -0.1) is 0 Å². The van der Waals surface area contributed by atoms with E-state index < -0.39 is 0 Å². The van der Waals surface area contributed by atoms with Gasteiger partial charge in [0.05, 0.1) is 11.3 Å². The van der Waals surface area contributed by atoms with Gasteiger partial charge in [0.1, 0.15) is 0 Å². The number of hydrogen-bond donors (Lipinski definition) is 1. The lowest BCUT2D eigenvalue weighted by atomic mass is 10.1. The molecule has 0 unspecified atom stereocenters. The SMILES string of the molecule is CCCCC(=O)Nc1ccccc1C(=O)N1CCCCCC1. The zero-order chi connectivity index (χ0) is 15.8. The number of rotatable bonds is 5. The van der Waals surface area contributed by atoms with Crippen LogP contribution in [-0.4, -0.2) is 29.8 Å². The Hall–Kier alpha value is -1.84. The number of nitrogens with zero attached hydrogens (tertiary/aromatic N) is 1. The highest BCUT2D eigenvalue weighted by Crippen LogP contribution is 2.20. The van der Waals surface area contributed by atoms with Gasteiger partial charge >= 0.3 is 0 Å². The third-order valence-electron chi connectivity index (χ3n) is 4.08. The summed E-state index contributed by atoms with van der Waals surface area (Å²) in [5.74, 6) is 0.0197. The van der Waals surface area contributed by atoms with Gasteiger partial charge in [-0.3, -0.25) is 9.59 Å². The van der Waals surface area contributed by atoms with Crippen molar-refractivity contribution in [1.82, 2.24) is 4.90 Å². The quantitative estimate of drug-likeness (QED) is 0.898. The van der Waals surface area contributed by atoms with Crippen molar-refractivity contribution in [2.75, 3.05) is 18.4 Å². The highest BCUT2D eigenvalue weighted by Gasteiger charge is 2.20. The first-order valence-electron chi connectivity index (χ1n) is 8.40. The van der Waals surface area contributed by atoms with E-state index in [1.807, 2.05) is 29.2 Å². The highest BCUT2D eigenvalue weighted by atomic mass is 16.2. The Balaban J connectivity index is 2.09. The van der Waals surface area contributed by atoms with Crippen molar-refractivity contribution in [3.63, 3.8) is 0 Å². The van der Waals surface area contributed by atoms with Crippen LogP contribution < -0.4 is 5.32 Å². The van der Waals surface area contributed by atoms with Crippen LogP contribution in [0.2, 0.25) is 0 Å². The Morgan fingerprint density at radius 2 is 1.77 bits per heavy atom. The predicted octanol–water partition coefficient (Wildman–Crippen LogP) is 3.83. The van der Waals surface area contributed by atoms with Crippen LogP contribution in [0.15, 0.2) is 24.3 Å². The molecule has 1 aromatic rings. The average molecular weight is 302 g/mol. The largest absolute Gasteiger partial charge is 0.339 e. The summed E-state index contributed by atoms with van der Waals surface area (Å²) in [6, 6.07) is 7.33. The van der Waals surface area contributed by atoms with E-state index in [-0.39, 0.29) is 11.8 Å². The average Bonchev–Trinajstić information content (AvgIpc) is 2.82. The molecule has 22 heavy (non-hydrogen) atoms. The maximum absolute atomic E-state index is 12.7. The van der Waals surface area contributed by atoms with Gasteiger partial charge in [-0.1, -0.05) is 38.3 Å². The number of benzene rings is 1. The molecule has 0 spiro atoms. The molecule has 1 saturated heterocycles. The molecule has 0 bridgehead atoms. The van der Waals surface area contributed by atoms with Crippen molar-refractivity contribution >= 4 is 17.5 Å². The lowest BCUT2D eigenvalue weighted by molar-refractivity contribution is -0.116. The van der Waals surface area contributed by atoms with Crippen molar-refractivity contribution in [3.8, 4) is 0 Å². The number of unbranched alkanes of at least 4 members (excludes halogenated alkanes) is 1. The van der Waals surface area contributed by atoms with E-state index in [1.54, 1.807) is 0 Å². The van der Waals surface area contributed by atoms with E-state index in [0.29, 0.717) is 17.7 Å². The second kappa shape index (κ2) is 8.57. The fourth-order valence-electron chi connectivity index (χ4n) is 2.77. The number of carbonyl (C=O) groups excluding carboxylic acids is 2. The van der Waals surface area contributed by atoms with Crippen molar-refractivity contribution in [2.24, 2.45) is 0 Å². The second-order valence-corrected chi connectivity index (χ2v) is 5.90. The summed E-state index contributed by atoms with van der Waals surface area (Å²) in [5.41, 5.74) is 1.24. The second-order valence-electron chi connectivity index (χ2n) is 5.90. The molecule has 0 radical (unpaired) electrons. The molecule has 120 valence electrons. The third-order valence-corrected chi connectivity index (χ3v) is 4.08. The molecule has 1 N–H and O–H groups in total. The zero-order valence-corrected chi connectivity index (χ0v) is 13.4. The summed E-state index contributed by atoms with van der Waals surface area (Å²) in [7, 11) is 0. The molecule has 0 atom stereocenters. The molecule has 1 aromatic carbocycles. The Bertz CT molecular complexity index is 506. The Morgan fingerprint density at radius 1 is 1.09 bits per heavy atom. The first-order valence-corrected chi connectivity index (χ1v) is 8.40. The van der Waals surface area contributed by atoms with Gasteiger partial charge in [0.25, 0.3) is 5.91 Å². The van der Waals surface area contributed by atoms with E-state index in [9.17, 15) is 9.59 Å². The van der Waals surface area contributed by atoms with Gasteiger partial charge in [0, 0.05) is 19.5 Å². The lowest BCUT2D eigenvalue weighted by Crippen LogP contribution is -2.32. The van der Waals surface area contributed by atoms with E-state index in [2.05, 4.69) is 12.2 Å². The molecule has 1 heterocycles. The standard InChI is InChI=1S/C18H26N2O2/c1-2-3-12-17(21)19-16-11-7-6-10-15(16)18(22)20-13-8-4-5-9-14-20/h6-7,10-11H,2-5,8-9,12-14H2,1H3,(H,19,21). The molecule has 1 aliphatic heterocycles. The molecule has 0 aliphatic carbocycles. The van der Waals surface area contributed by atoms with Gasteiger partial charge in [-0.05, 0) is 31.4 Å². The molecule has 2 rings (SSSR count). The Morgan fingerprint density at radius 3 is 2.45 bits per heavy atom. The summed E-state index contributed by atoms with van der Waals surface area (Å²) >= 11 is 0. The zero-order valence-electron chi connectivity index (χ0n) is 13.4. The van der Waals surface area contributed by atoms with Crippen LogP contribution in [0.25, 0.3) is 0 Å². The minimum absolute atomic E-state index is 0.0158. The monoisotopic (exact) mass is 302 g/mol. The molecule has 2 amide bonds. The van der Waals surface area contributed by atoms with Crippen LogP contribution in [0.3, 0.4) is 0 Å². The summed E-state index contributed by atoms with van der Waals surface area (Å²) in [6.45, 7) is 3.69. The Kier molecular flexibility index (Phi) is 6.44. The van der Waals surface area contributed by atoms with E-state index in [4.69, 9.17) is 0 Å². The maximum atomic E-state index is 12.7. The predicted molar refractivity (Wildman–Crippen MR) is 89.0 cm³/mol. The normalized spacial score (nSPS) is 15.2. The first-order chi connectivity index (χ1) is 10.7. The van der Waals surface area contributed by atoms with E-state index in [0.717, 1.165) is 38.8 Å². The van der Waals surface area contributed by atoms with Crippen molar-refractivity contribution in [2.45, 2.75) is 51.9 Å². The smallest absolute Gasteiger partial charge is 0.255 e. The first kappa shape index (κ1) is 16.5. The van der Waals surface area contributed by atoms with Gasteiger partial charge in [-0.2, -0.15) is 0 Å². The van der Waals surface area contributed by atoms with Crippen LogP contribution in [0.4, 0.5) is 5.69 Å². The molecule has 0 saturated carbocycles. The molecule has 4 nitrogen and oxygen atoms in total. The van der Waals surface area contributed by atoms with Gasteiger partial charge < -0.3 is 10.2 Å². The topological polar surface area (TPSA) is 49.4 Å². The molecular weight excluding hydrogens is 276 g/mol. The van der Waals surface area contributed by atoms with Crippen molar-refractivity contribution in [3.05, 3.63) is 29.8 Å². The molecular formula is C18H26N2O2. The van der Waals surface area contributed by atoms with Crippen molar-refractivity contribution < 1.29 is 9.59 Å². The summed E-state index contributed by atoms with van der Waals surface area (Å²) < 4.78 is 0. The molecule has 4 heteroatoms. The van der Waals surface area contributed by atoms with Crippen molar-refractivity contribution in [1.29, 1.82) is 0 Å². The third kappa shape index (κ3) is 4.58. The number of para-hydroxylation sites is 1. The number of carbonyl (C=O) groups is 2. The summed E-state index contributed by atoms with van der Waals surface area (Å²) in [6.07, 6.45) is 6.88. The minimum atomic E-state index is -0.0158. The number of hydrogen-bond acceptors (Lipinski definition) is 2. The van der Waals surface area contributed by atoms with Gasteiger partial charge in [0.2, 0.25) is 5.91 Å².